The summed E-state index contributed by atoms with van der Waals surface area (Å²) < 4.78 is 16.2. The number of halogens is 1. The molecule has 0 aliphatic carbocycles. The van der Waals surface area contributed by atoms with Gasteiger partial charge in [-0.1, -0.05) is 17.7 Å². The smallest absolute Gasteiger partial charge is 0.295 e. The lowest BCUT2D eigenvalue weighted by molar-refractivity contribution is -0.140. The van der Waals surface area contributed by atoms with Crippen molar-refractivity contribution in [3.63, 3.8) is 0 Å². The highest BCUT2D eigenvalue weighted by molar-refractivity contribution is 6.46. The van der Waals surface area contributed by atoms with Crippen LogP contribution in [-0.4, -0.2) is 80.2 Å². The molecule has 0 saturated carbocycles. The van der Waals surface area contributed by atoms with Crippen LogP contribution in [0.2, 0.25) is 5.02 Å². The van der Waals surface area contributed by atoms with Crippen molar-refractivity contribution in [3.05, 3.63) is 64.2 Å². The molecular weight excluding hydrogens is 460 g/mol. The highest BCUT2D eigenvalue weighted by Gasteiger charge is 2.46. The lowest BCUT2D eigenvalue weighted by atomic mass is 9.95. The van der Waals surface area contributed by atoms with E-state index in [1.165, 1.54) is 19.1 Å². The number of carbonyl (C=O) groups is 2. The molecule has 34 heavy (non-hydrogen) atoms. The van der Waals surface area contributed by atoms with Crippen LogP contribution in [0.15, 0.2) is 48.0 Å². The number of aliphatic hydroxyl groups is 1. The molecule has 2 heterocycles. The fourth-order valence-electron chi connectivity index (χ4n) is 4.32. The molecule has 0 unspecified atom stereocenters. The van der Waals surface area contributed by atoms with Gasteiger partial charge in [-0.2, -0.15) is 0 Å². The summed E-state index contributed by atoms with van der Waals surface area (Å²) in [5.41, 5.74) is 1.07. The van der Waals surface area contributed by atoms with Crippen LogP contribution in [0.5, 0.6) is 11.5 Å². The van der Waals surface area contributed by atoms with E-state index in [1.54, 1.807) is 42.5 Å². The Morgan fingerprint density at radius 2 is 1.71 bits per heavy atom. The Balaban J connectivity index is 1.77. The number of amides is 1. The number of hydrogen-bond donors (Lipinski definition) is 1. The SMILES string of the molecule is COc1ccc([C@@H]2C(=C(O)c3ccc(Cl)cc3)C(=O)C(=O)N2CCN2CCOCC2)cc1OC. The molecule has 0 aromatic heterocycles. The second-order valence-corrected chi connectivity index (χ2v) is 8.50. The summed E-state index contributed by atoms with van der Waals surface area (Å²) in [5, 5.41) is 11.6. The molecule has 0 bridgehead atoms. The third-order valence-corrected chi connectivity index (χ3v) is 6.39. The maximum absolute atomic E-state index is 13.2. The van der Waals surface area contributed by atoms with Gasteiger partial charge >= 0.3 is 0 Å². The third-order valence-electron chi connectivity index (χ3n) is 6.14. The third kappa shape index (κ3) is 4.75. The number of carbonyl (C=O) groups excluding carboxylic acids is 2. The molecule has 2 aromatic rings. The largest absolute Gasteiger partial charge is 0.507 e. The van der Waals surface area contributed by atoms with E-state index in [4.69, 9.17) is 25.8 Å². The van der Waals surface area contributed by atoms with Gasteiger partial charge in [-0.25, -0.2) is 0 Å². The van der Waals surface area contributed by atoms with E-state index in [-0.39, 0.29) is 11.3 Å². The second-order valence-electron chi connectivity index (χ2n) is 8.07. The van der Waals surface area contributed by atoms with E-state index in [0.717, 1.165) is 13.1 Å². The number of morpholine rings is 1. The first-order valence-corrected chi connectivity index (χ1v) is 11.4. The van der Waals surface area contributed by atoms with E-state index in [1.807, 2.05) is 0 Å². The highest BCUT2D eigenvalue weighted by Crippen LogP contribution is 2.41. The molecule has 8 nitrogen and oxygen atoms in total. The first-order valence-electron chi connectivity index (χ1n) is 11.0. The Morgan fingerprint density at radius 1 is 1.03 bits per heavy atom. The topological polar surface area (TPSA) is 88.5 Å². The minimum atomic E-state index is -0.781. The number of rotatable bonds is 7. The van der Waals surface area contributed by atoms with Crippen molar-refractivity contribution in [3.8, 4) is 11.5 Å². The number of hydrogen-bond acceptors (Lipinski definition) is 7. The van der Waals surface area contributed by atoms with E-state index in [0.29, 0.717) is 54.0 Å². The molecule has 2 aliphatic heterocycles. The number of ether oxygens (including phenoxy) is 3. The quantitative estimate of drug-likeness (QED) is 0.365. The van der Waals surface area contributed by atoms with Crippen molar-refractivity contribution in [2.24, 2.45) is 0 Å². The minimum Gasteiger partial charge on any atom is -0.507 e. The molecule has 1 N–H and O–H groups in total. The zero-order valence-corrected chi connectivity index (χ0v) is 19.9. The highest BCUT2D eigenvalue weighted by atomic mass is 35.5. The molecule has 1 amide bonds. The summed E-state index contributed by atoms with van der Waals surface area (Å²) in [5.74, 6) is -0.638. The number of nitrogens with zero attached hydrogens (tertiary/aromatic N) is 2. The van der Waals surface area contributed by atoms with Crippen molar-refractivity contribution in [2.75, 3.05) is 53.6 Å². The number of ketones is 1. The number of benzene rings is 2. The van der Waals surface area contributed by atoms with Crippen molar-refractivity contribution in [1.29, 1.82) is 0 Å². The van der Waals surface area contributed by atoms with Crippen LogP contribution >= 0.6 is 11.6 Å². The van der Waals surface area contributed by atoms with Gasteiger partial charge in [0.15, 0.2) is 11.5 Å². The van der Waals surface area contributed by atoms with E-state index < -0.39 is 17.7 Å². The predicted molar refractivity (Wildman–Crippen MR) is 127 cm³/mol. The molecule has 2 saturated heterocycles. The molecule has 2 aromatic carbocycles. The van der Waals surface area contributed by atoms with Gasteiger partial charge in [0.2, 0.25) is 0 Å². The number of methoxy groups -OCH3 is 2. The van der Waals surface area contributed by atoms with Crippen LogP contribution in [0.4, 0.5) is 0 Å². The maximum atomic E-state index is 13.2. The van der Waals surface area contributed by atoms with E-state index >= 15 is 0 Å². The molecule has 0 radical (unpaired) electrons. The average molecular weight is 487 g/mol. The first kappa shape index (κ1) is 24.1. The standard InChI is InChI=1S/C25H27ClN2O6/c1-32-19-8-5-17(15-20(19)33-2)22-21(23(29)16-3-6-18(26)7-4-16)24(30)25(31)28(22)10-9-27-11-13-34-14-12-27/h3-8,15,22,29H,9-14H2,1-2H3/t22-/m1/s1. The van der Waals surface area contributed by atoms with Gasteiger partial charge in [0.25, 0.3) is 11.7 Å². The number of Topliss-reactive ketones (excluding diaryl/α,β-unsaturated/α-hetero) is 1. The van der Waals surface area contributed by atoms with Gasteiger partial charge in [-0.3, -0.25) is 14.5 Å². The van der Waals surface area contributed by atoms with E-state index in [9.17, 15) is 14.7 Å². The van der Waals surface area contributed by atoms with Crippen LogP contribution < -0.4 is 9.47 Å². The summed E-state index contributed by atoms with van der Waals surface area (Å²) >= 11 is 5.99. The normalized spacial score (nSPS) is 20.6. The van der Waals surface area contributed by atoms with Crippen molar-refractivity contribution < 1.29 is 28.9 Å². The summed E-state index contributed by atoms with van der Waals surface area (Å²) in [6.07, 6.45) is 0. The predicted octanol–water partition coefficient (Wildman–Crippen LogP) is 3.11. The molecule has 180 valence electrons. The Hall–Kier alpha value is -3.07. The van der Waals surface area contributed by atoms with Crippen LogP contribution in [0, 0.1) is 0 Å². The van der Waals surface area contributed by atoms with Gasteiger partial charge in [-0.05, 0) is 42.0 Å². The summed E-state index contributed by atoms with van der Waals surface area (Å²) in [7, 11) is 3.05. The Labute approximate surface area is 203 Å². The lowest BCUT2D eigenvalue weighted by Crippen LogP contribution is -2.42. The van der Waals surface area contributed by atoms with Crippen molar-refractivity contribution in [2.45, 2.75) is 6.04 Å². The van der Waals surface area contributed by atoms with Gasteiger partial charge in [-0.15, -0.1) is 0 Å². The molecule has 2 fully saturated rings. The monoisotopic (exact) mass is 486 g/mol. The number of likely N-dealkylation sites (tertiary alicyclic amines) is 1. The van der Waals surface area contributed by atoms with Crippen LogP contribution in [0.3, 0.4) is 0 Å². The Morgan fingerprint density at radius 3 is 2.35 bits per heavy atom. The second kappa shape index (κ2) is 10.5. The van der Waals surface area contributed by atoms with Crippen molar-refractivity contribution in [1.82, 2.24) is 9.80 Å². The molecule has 1 atom stereocenters. The van der Waals surface area contributed by atoms with Crippen molar-refractivity contribution >= 4 is 29.1 Å². The molecule has 9 heteroatoms. The summed E-state index contributed by atoms with van der Waals surface area (Å²) in [4.78, 5) is 30.0. The van der Waals surface area contributed by atoms with Gasteiger partial charge in [0.05, 0.1) is 39.0 Å². The van der Waals surface area contributed by atoms with Gasteiger partial charge in [0, 0.05) is 36.8 Å². The minimum absolute atomic E-state index is 0.0292. The molecule has 0 spiro atoms. The molecule has 4 rings (SSSR count). The zero-order valence-electron chi connectivity index (χ0n) is 19.1. The summed E-state index contributed by atoms with van der Waals surface area (Å²) in [6.45, 7) is 3.69. The maximum Gasteiger partial charge on any atom is 0.295 e. The van der Waals surface area contributed by atoms with Gasteiger partial charge in [0.1, 0.15) is 5.76 Å². The first-order chi connectivity index (χ1) is 16.4. The summed E-state index contributed by atoms with van der Waals surface area (Å²) in [6, 6.07) is 10.9. The van der Waals surface area contributed by atoms with Crippen LogP contribution in [0.25, 0.3) is 5.76 Å². The Kier molecular flexibility index (Phi) is 7.41. The average Bonchev–Trinajstić information content (AvgIpc) is 3.12. The lowest BCUT2D eigenvalue weighted by Gasteiger charge is -2.31. The molecular formula is C25H27ClN2O6. The fraction of sp³-hybridized carbons (Fsp3) is 0.360. The zero-order chi connectivity index (χ0) is 24.2. The van der Waals surface area contributed by atoms with Crippen LogP contribution in [0.1, 0.15) is 17.2 Å². The van der Waals surface area contributed by atoms with Crippen LogP contribution in [-0.2, 0) is 14.3 Å². The number of aliphatic hydroxyl groups excluding tert-OH is 1. The molecule has 2 aliphatic rings. The van der Waals surface area contributed by atoms with E-state index in [2.05, 4.69) is 4.90 Å². The fourth-order valence-corrected chi connectivity index (χ4v) is 4.44. The van der Waals surface area contributed by atoms with Gasteiger partial charge < -0.3 is 24.2 Å². The Bertz CT molecular complexity index is 1100.